The number of aromatic nitrogens is 3. The standard InChI is InChI=1S/C17H20F3N5O3S2/c1-3-28-14(27)11-9-6-4-5-7-10(9)30-13(11)22-12(26)8(2)29-16-24-23-15(25(16)21)17(18,19)20/h8H,3-7,21H2,1-2H3,(H,22,26). The number of carbonyl (C=O) groups excluding carboxylic acids is 2. The lowest BCUT2D eigenvalue weighted by atomic mass is 9.95. The van der Waals surface area contributed by atoms with Crippen molar-refractivity contribution in [1.29, 1.82) is 0 Å². The molecule has 0 saturated heterocycles. The first kappa shape index (κ1) is 22.4. The highest BCUT2D eigenvalue weighted by Gasteiger charge is 2.38. The number of nitrogen functional groups attached to an aromatic ring is 1. The first-order chi connectivity index (χ1) is 14.1. The second-order valence-corrected chi connectivity index (χ2v) is 8.97. The van der Waals surface area contributed by atoms with E-state index in [1.54, 1.807) is 6.92 Å². The van der Waals surface area contributed by atoms with Gasteiger partial charge in [-0.3, -0.25) is 4.79 Å². The number of nitrogens with zero attached hydrogens (tertiary/aromatic N) is 3. The summed E-state index contributed by atoms with van der Waals surface area (Å²) in [5.74, 6) is 3.06. The molecule has 0 saturated carbocycles. The molecular weight excluding hydrogens is 443 g/mol. The third-order valence-electron chi connectivity index (χ3n) is 4.46. The number of ether oxygens (including phenoxy) is 1. The molecule has 3 rings (SSSR count). The van der Waals surface area contributed by atoms with Crippen molar-refractivity contribution in [2.45, 2.75) is 56.1 Å². The lowest BCUT2D eigenvalue weighted by Crippen LogP contribution is -2.25. The van der Waals surface area contributed by atoms with Crippen molar-refractivity contribution in [3.05, 3.63) is 21.8 Å². The smallest absolute Gasteiger partial charge is 0.453 e. The Balaban J connectivity index is 1.78. The fourth-order valence-corrected chi connectivity index (χ4v) is 5.10. The summed E-state index contributed by atoms with van der Waals surface area (Å²) in [4.78, 5) is 26.2. The van der Waals surface area contributed by atoms with Crippen LogP contribution in [0.3, 0.4) is 0 Å². The van der Waals surface area contributed by atoms with Gasteiger partial charge in [-0.05, 0) is 45.1 Å². The molecule has 164 valence electrons. The summed E-state index contributed by atoms with van der Waals surface area (Å²) < 4.78 is 43.9. The lowest BCUT2D eigenvalue weighted by Gasteiger charge is -2.13. The molecule has 2 aromatic rings. The highest BCUT2D eigenvalue weighted by molar-refractivity contribution is 8.00. The summed E-state index contributed by atoms with van der Waals surface area (Å²) in [6.45, 7) is 3.40. The van der Waals surface area contributed by atoms with Crippen molar-refractivity contribution in [3.8, 4) is 0 Å². The normalized spacial score (nSPS) is 14.8. The van der Waals surface area contributed by atoms with Gasteiger partial charge in [-0.1, -0.05) is 11.8 Å². The molecule has 0 fully saturated rings. The maximum absolute atomic E-state index is 12.8. The number of rotatable bonds is 6. The number of fused-ring (bicyclic) bond motifs is 1. The number of halogens is 3. The van der Waals surface area contributed by atoms with Gasteiger partial charge >= 0.3 is 12.1 Å². The fourth-order valence-electron chi connectivity index (χ4n) is 3.05. The molecule has 1 unspecified atom stereocenters. The third-order valence-corrected chi connectivity index (χ3v) is 6.72. The van der Waals surface area contributed by atoms with Crippen LogP contribution in [0.2, 0.25) is 0 Å². The number of amides is 1. The number of hydrogen-bond acceptors (Lipinski definition) is 8. The van der Waals surface area contributed by atoms with E-state index in [0.717, 1.165) is 47.9 Å². The number of thiophene rings is 1. The van der Waals surface area contributed by atoms with Crippen molar-refractivity contribution < 1.29 is 27.5 Å². The molecule has 1 aliphatic carbocycles. The summed E-state index contributed by atoms with van der Waals surface area (Å²) in [5, 5.41) is 8.47. The molecule has 0 aromatic carbocycles. The summed E-state index contributed by atoms with van der Waals surface area (Å²) in [6, 6.07) is 0. The van der Waals surface area contributed by atoms with Crippen LogP contribution in [0.15, 0.2) is 5.16 Å². The van der Waals surface area contributed by atoms with Crippen LogP contribution in [0, 0.1) is 0 Å². The van der Waals surface area contributed by atoms with Gasteiger partial charge in [-0.2, -0.15) is 13.2 Å². The van der Waals surface area contributed by atoms with Gasteiger partial charge in [0.15, 0.2) is 0 Å². The van der Waals surface area contributed by atoms with Gasteiger partial charge in [0.1, 0.15) is 5.00 Å². The molecular formula is C17H20F3N5O3S2. The molecule has 2 aromatic heterocycles. The molecule has 8 nitrogen and oxygen atoms in total. The van der Waals surface area contributed by atoms with Crippen LogP contribution < -0.4 is 11.2 Å². The number of esters is 1. The van der Waals surface area contributed by atoms with Crippen LogP contribution in [-0.4, -0.2) is 38.6 Å². The van der Waals surface area contributed by atoms with Crippen molar-refractivity contribution in [1.82, 2.24) is 14.9 Å². The topological polar surface area (TPSA) is 112 Å². The summed E-state index contributed by atoms with van der Waals surface area (Å²) in [6.07, 6.45) is -1.25. The Kier molecular flexibility index (Phi) is 6.60. The van der Waals surface area contributed by atoms with Gasteiger partial charge in [0.2, 0.25) is 11.1 Å². The molecule has 0 aliphatic heterocycles. The Bertz CT molecular complexity index is 957. The fraction of sp³-hybridized carbons (Fsp3) is 0.529. The number of alkyl halides is 3. The zero-order valence-electron chi connectivity index (χ0n) is 16.2. The first-order valence-electron chi connectivity index (χ1n) is 9.20. The molecule has 30 heavy (non-hydrogen) atoms. The van der Waals surface area contributed by atoms with Crippen molar-refractivity contribution in [2.24, 2.45) is 0 Å². The Labute approximate surface area is 178 Å². The number of anilines is 1. The molecule has 0 bridgehead atoms. The van der Waals surface area contributed by atoms with E-state index in [2.05, 4.69) is 15.5 Å². The predicted octanol–water partition coefficient (Wildman–Crippen LogP) is 3.25. The van der Waals surface area contributed by atoms with Crippen LogP contribution in [0.5, 0.6) is 0 Å². The number of thioether (sulfide) groups is 1. The zero-order chi connectivity index (χ0) is 22.1. The van der Waals surface area contributed by atoms with E-state index >= 15 is 0 Å². The maximum Gasteiger partial charge on any atom is 0.453 e. The molecule has 0 spiro atoms. The monoisotopic (exact) mass is 463 g/mol. The van der Waals surface area contributed by atoms with Gasteiger partial charge in [0.25, 0.3) is 5.82 Å². The number of nitrogens with two attached hydrogens (primary N) is 1. The first-order valence-corrected chi connectivity index (χ1v) is 10.9. The van der Waals surface area contributed by atoms with E-state index < -0.39 is 29.1 Å². The van der Waals surface area contributed by atoms with Gasteiger partial charge in [-0.15, -0.1) is 21.5 Å². The molecule has 1 atom stereocenters. The van der Waals surface area contributed by atoms with E-state index in [1.807, 2.05) is 0 Å². The molecule has 1 amide bonds. The zero-order valence-corrected chi connectivity index (χ0v) is 17.8. The van der Waals surface area contributed by atoms with Crippen molar-refractivity contribution in [2.75, 3.05) is 17.8 Å². The number of carbonyl (C=O) groups is 2. The Morgan fingerprint density at radius 1 is 1.33 bits per heavy atom. The van der Waals surface area contributed by atoms with Crippen molar-refractivity contribution in [3.63, 3.8) is 0 Å². The number of aryl methyl sites for hydroxylation is 1. The minimum atomic E-state index is -4.75. The second-order valence-electron chi connectivity index (χ2n) is 6.56. The highest BCUT2D eigenvalue weighted by Crippen LogP contribution is 2.39. The van der Waals surface area contributed by atoms with Gasteiger partial charge in [0, 0.05) is 4.88 Å². The predicted molar refractivity (Wildman–Crippen MR) is 106 cm³/mol. The minimum absolute atomic E-state index is 0.205. The van der Waals surface area contributed by atoms with Gasteiger partial charge in [0.05, 0.1) is 17.4 Å². The largest absolute Gasteiger partial charge is 0.462 e. The quantitative estimate of drug-likeness (QED) is 0.384. The summed E-state index contributed by atoms with van der Waals surface area (Å²) >= 11 is 2.06. The Hall–Kier alpha value is -2.28. The van der Waals surface area contributed by atoms with E-state index in [0.29, 0.717) is 15.2 Å². The summed E-state index contributed by atoms with van der Waals surface area (Å²) in [7, 11) is 0. The number of hydrogen-bond donors (Lipinski definition) is 2. The van der Waals surface area contributed by atoms with Crippen LogP contribution in [-0.2, 0) is 28.5 Å². The maximum atomic E-state index is 12.8. The Morgan fingerprint density at radius 3 is 2.67 bits per heavy atom. The number of nitrogens with one attached hydrogen (secondary N) is 1. The average Bonchev–Trinajstić information content (AvgIpc) is 3.21. The molecule has 3 N–H and O–H groups in total. The van der Waals surface area contributed by atoms with Crippen LogP contribution in [0.4, 0.5) is 18.2 Å². The van der Waals surface area contributed by atoms with E-state index in [4.69, 9.17) is 10.6 Å². The minimum Gasteiger partial charge on any atom is -0.462 e. The van der Waals surface area contributed by atoms with Crippen LogP contribution in [0.25, 0.3) is 0 Å². The summed E-state index contributed by atoms with van der Waals surface area (Å²) in [5.41, 5.74) is 1.26. The third kappa shape index (κ3) is 4.56. The van der Waals surface area contributed by atoms with Crippen molar-refractivity contribution >= 4 is 40.0 Å². The van der Waals surface area contributed by atoms with Gasteiger partial charge < -0.3 is 15.9 Å². The second kappa shape index (κ2) is 8.84. The average molecular weight is 464 g/mol. The van der Waals surface area contributed by atoms with Gasteiger partial charge in [-0.25, -0.2) is 9.47 Å². The van der Waals surface area contributed by atoms with E-state index in [1.165, 1.54) is 18.3 Å². The molecule has 0 radical (unpaired) electrons. The van der Waals surface area contributed by atoms with Crippen LogP contribution >= 0.6 is 23.1 Å². The lowest BCUT2D eigenvalue weighted by molar-refractivity contribution is -0.146. The molecule has 1 aliphatic rings. The van der Waals surface area contributed by atoms with E-state index in [9.17, 15) is 22.8 Å². The van der Waals surface area contributed by atoms with E-state index in [-0.39, 0.29) is 11.8 Å². The Morgan fingerprint density at radius 2 is 2.03 bits per heavy atom. The molecule has 13 heteroatoms. The highest BCUT2D eigenvalue weighted by atomic mass is 32.2. The SMILES string of the molecule is CCOC(=O)c1c(NC(=O)C(C)Sc2nnc(C(F)(F)F)n2N)sc2c1CCCC2. The van der Waals surface area contributed by atoms with Crippen LogP contribution in [0.1, 0.15) is 53.3 Å². The molecule has 2 heterocycles.